The van der Waals surface area contributed by atoms with E-state index in [1.807, 2.05) is 47.1 Å². The Kier molecular flexibility index (Phi) is 5.12. The Bertz CT molecular complexity index is 1310. The number of hydrogen-bond donors (Lipinski definition) is 1. The van der Waals surface area contributed by atoms with Crippen LogP contribution in [0.2, 0.25) is 0 Å². The van der Waals surface area contributed by atoms with E-state index in [9.17, 15) is 4.79 Å². The molecule has 1 N–H and O–H groups in total. The number of aromatic nitrogens is 4. The van der Waals surface area contributed by atoms with Gasteiger partial charge in [-0.3, -0.25) is 4.79 Å². The molecule has 7 heteroatoms. The molecule has 1 aliphatic rings. The van der Waals surface area contributed by atoms with Crippen molar-refractivity contribution in [2.24, 2.45) is 0 Å². The molecular formula is C26H27N5O2. The van der Waals surface area contributed by atoms with Gasteiger partial charge in [-0.15, -0.1) is 10.2 Å². The van der Waals surface area contributed by atoms with Crippen molar-refractivity contribution in [1.29, 1.82) is 0 Å². The topological polar surface area (TPSA) is 85.8 Å². The Balaban J connectivity index is 1.40. The number of rotatable bonds is 4. The molecule has 0 spiro atoms. The van der Waals surface area contributed by atoms with E-state index >= 15 is 0 Å². The molecule has 0 bridgehead atoms. The van der Waals surface area contributed by atoms with E-state index in [0.29, 0.717) is 23.0 Å². The quantitative estimate of drug-likeness (QED) is 0.484. The Morgan fingerprint density at radius 2 is 1.85 bits per heavy atom. The predicted molar refractivity (Wildman–Crippen MR) is 125 cm³/mol. The molecule has 2 aromatic heterocycles. The van der Waals surface area contributed by atoms with Gasteiger partial charge < -0.3 is 9.73 Å². The third-order valence-corrected chi connectivity index (χ3v) is 6.04. The Morgan fingerprint density at radius 1 is 1.09 bits per heavy atom. The largest absolute Gasteiger partial charge is 0.420 e. The van der Waals surface area contributed by atoms with Gasteiger partial charge in [-0.25, -0.2) is 4.68 Å². The minimum Gasteiger partial charge on any atom is -0.420 e. The number of amides is 1. The van der Waals surface area contributed by atoms with Gasteiger partial charge in [0.15, 0.2) is 0 Å². The Labute approximate surface area is 192 Å². The standard InChI is InChI=1S/C26H27N5O2/c1-16-28-29-25(33-16)22-15-23(26(2,3)4)31(30-22)19-12-9-18(10-13-19)24(32)27-21-14-11-17-7-5-6-8-20(17)21/h5-10,12-13,15,21H,11,14H2,1-4H3,(H,27,32). The van der Waals surface area contributed by atoms with Crippen LogP contribution in [-0.2, 0) is 11.8 Å². The van der Waals surface area contributed by atoms with Crippen LogP contribution in [0.4, 0.5) is 0 Å². The van der Waals surface area contributed by atoms with Crippen LogP contribution in [0.5, 0.6) is 0 Å². The number of nitrogens with zero attached hydrogens (tertiary/aromatic N) is 4. The van der Waals surface area contributed by atoms with Crippen LogP contribution in [0.1, 0.15) is 66.3 Å². The first-order valence-electron chi connectivity index (χ1n) is 11.2. The Morgan fingerprint density at radius 3 is 2.55 bits per heavy atom. The monoisotopic (exact) mass is 441 g/mol. The lowest BCUT2D eigenvalue weighted by Crippen LogP contribution is -2.27. The van der Waals surface area contributed by atoms with Gasteiger partial charge in [0.25, 0.3) is 11.8 Å². The molecule has 1 atom stereocenters. The molecule has 0 fully saturated rings. The van der Waals surface area contributed by atoms with Crippen LogP contribution in [0.3, 0.4) is 0 Å². The summed E-state index contributed by atoms with van der Waals surface area (Å²) in [4.78, 5) is 12.9. The number of carbonyl (C=O) groups excluding carboxylic acids is 1. The van der Waals surface area contributed by atoms with E-state index < -0.39 is 0 Å². The first-order chi connectivity index (χ1) is 15.8. The number of nitrogens with one attached hydrogen (secondary N) is 1. The molecule has 0 saturated carbocycles. The highest BCUT2D eigenvalue weighted by Gasteiger charge is 2.25. The van der Waals surface area contributed by atoms with Gasteiger partial charge in [0.2, 0.25) is 5.89 Å². The Hall–Kier alpha value is -3.74. The van der Waals surface area contributed by atoms with Crippen molar-refractivity contribution >= 4 is 5.91 Å². The lowest BCUT2D eigenvalue weighted by molar-refractivity contribution is 0.0936. The van der Waals surface area contributed by atoms with Gasteiger partial charge in [-0.05, 0) is 54.3 Å². The number of fused-ring (bicyclic) bond motifs is 1. The number of aryl methyl sites for hydroxylation is 2. The van der Waals surface area contributed by atoms with Crippen molar-refractivity contribution in [1.82, 2.24) is 25.3 Å². The maximum absolute atomic E-state index is 12.9. The second-order valence-corrected chi connectivity index (χ2v) is 9.51. The fourth-order valence-corrected chi connectivity index (χ4v) is 4.32. The van der Waals surface area contributed by atoms with Gasteiger partial charge in [0, 0.05) is 17.9 Å². The van der Waals surface area contributed by atoms with E-state index in [4.69, 9.17) is 9.52 Å². The fourth-order valence-electron chi connectivity index (χ4n) is 4.32. The highest BCUT2D eigenvalue weighted by molar-refractivity contribution is 5.94. The van der Waals surface area contributed by atoms with Crippen LogP contribution in [0, 0.1) is 6.92 Å². The minimum absolute atomic E-state index is 0.0624. The average molecular weight is 442 g/mol. The van der Waals surface area contributed by atoms with Crippen molar-refractivity contribution in [3.05, 3.63) is 82.9 Å². The zero-order valence-electron chi connectivity index (χ0n) is 19.3. The summed E-state index contributed by atoms with van der Waals surface area (Å²) in [7, 11) is 0. The van der Waals surface area contributed by atoms with E-state index in [2.05, 4.69) is 48.4 Å². The van der Waals surface area contributed by atoms with Crippen LogP contribution in [0.15, 0.2) is 59.0 Å². The zero-order valence-corrected chi connectivity index (χ0v) is 19.3. The lowest BCUT2D eigenvalue weighted by atomic mass is 9.91. The minimum atomic E-state index is -0.160. The summed E-state index contributed by atoms with van der Waals surface area (Å²) >= 11 is 0. The second-order valence-electron chi connectivity index (χ2n) is 9.51. The van der Waals surface area contributed by atoms with Crippen molar-refractivity contribution in [2.45, 2.75) is 52.0 Å². The highest BCUT2D eigenvalue weighted by Crippen LogP contribution is 2.32. The molecule has 0 saturated heterocycles. The first kappa shape index (κ1) is 21.1. The molecule has 1 unspecified atom stereocenters. The summed E-state index contributed by atoms with van der Waals surface area (Å²) in [5.74, 6) is 0.823. The molecule has 0 radical (unpaired) electrons. The smallest absolute Gasteiger partial charge is 0.268 e. The molecule has 5 rings (SSSR count). The van der Waals surface area contributed by atoms with Crippen molar-refractivity contribution in [3.63, 3.8) is 0 Å². The summed E-state index contributed by atoms with van der Waals surface area (Å²) in [6, 6.07) is 17.9. The zero-order chi connectivity index (χ0) is 23.2. The van der Waals surface area contributed by atoms with E-state index in [1.165, 1.54) is 11.1 Å². The molecule has 4 aromatic rings. The number of benzene rings is 2. The molecule has 1 aliphatic carbocycles. The molecule has 33 heavy (non-hydrogen) atoms. The van der Waals surface area contributed by atoms with Crippen LogP contribution in [0.25, 0.3) is 17.3 Å². The highest BCUT2D eigenvalue weighted by atomic mass is 16.4. The fraction of sp³-hybridized carbons (Fsp3) is 0.308. The molecule has 0 aliphatic heterocycles. The molecule has 7 nitrogen and oxygen atoms in total. The summed E-state index contributed by atoms with van der Waals surface area (Å²) in [5, 5.41) is 15.9. The van der Waals surface area contributed by atoms with Crippen LogP contribution in [-0.4, -0.2) is 25.9 Å². The number of hydrogen-bond acceptors (Lipinski definition) is 5. The summed E-state index contributed by atoms with van der Waals surface area (Å²) < 4.78 is 7.45. The molecule has 1 amide bonds. The normalized spacial score (nSPS) is 15.5. The van der Waals surface area contributed by atoms with Gasteiger partial charge in [0.05, 0.1) is 17.4 Å². The average Bonchev–Trinajstić information content (AvgIpc) is 3.52. The molecular weight excluding hydrogens is 414 g/mol. The van der Waals surface area contributed by atoms with Crippen LogP contribution >= 0.6 is 0 Å². The molecule has 2 aromatic carbocycles. The predicted octanol–water partition coefficient (Wildman–Crippen LogP) is 4.95. The number of carbonyl (C=O) groups is 1. The van der Waals surface area contributed by atoms with Crippen molar-refractivity contribution in [2.75, 3.05) is 0 Å². The molecule has 168 valence electrons. The van der Waals surface area contributed by atoms with E-state index in [1.54, 1.807) is 6.92 Å². The van der Waals surface area contributed by atoms with E-state index in [-0.39, 0.29) is 17.4 Å². The van der Waals surface area contributed by atoms with Crippen molar-refractivity contribution < 1.29 is 9.21 Å². The van der Waals surface area contributed by atoms with Crippen LogP contribution < -0.4 is 5.32 Å². The first-order valence-corrected chi connectivity index (χ1v) is 11.2. The van der Waals surface area contributed by atoms with Gasteiger partial charge in [-0.1, -0.05) is 45.0 Å². The second kappa shape index (κ2) is 7.99. The summed E-state index contributed by atoms with van der Waals surface area (Å²) in [6.07, 6.45) is 1.93. The summed E-state index contributed by atoms with van der Waals surface area (Å²) in [6.45, 7) is 8.14. The van der Waals surface area contributed by atoms with E-state index in [0.717, 1.165) is 24.2 Å². The third-order valence-electron chi connectivity index (χ3n) is 6.04. The van der Waals surface area contributed by atoms with Gasteiger partial charge in [-0.2, -0.15) is 5.10 Å². The molecule has 2 heterocycles. The SMILES string of the molecule is Cc1nnc(-c2cc(C(C)(C)C)n(-c3ccc(C(=O)NC4CCc5ccccc54)cc3)n2)o1. The summed E-state index contributed by atoms with van der Waals surface area (Å²) in [5.41, 5.74) is 5.50. The lowest BCUT2D eigenvalue weighted by Gasteiger charge is -2.20. The van der Waals surface area contributed by atoms with Gasteiger partial charge in [0.1, 0.15) is 5.69 Å². The van der Waals surface area contributed by atoms with Gasteiger partial charge >= 0.3 is 0 Å². The maximum Gasteiger partial charge on any atom is 0.268 e. The third kappa shape index (κ3) is 4.06. The maximum atomic E-state index is 12.9. The van der Waals surface area contributed by atoms with Crippen molar-refractivity contribution in [3.8, 4) is 17.3 Å².